The smallest absolute Gasteiger partial charge is 0.305 e. The standard InChI is InChI=1S/C21H25N3O5S/c1-4-8-23(9-7-20(26)27)19(25)10-14-13-30-21-22-17(12-24(14)21)16-11-15(28-2)5-6-18(16)29-3/h5-6,11-13H,4,7-10H2,1-3H3,(H,26,27). The number of carbonyl (C=O) groups excluding carboxylic acids is 1. The van der Waals surface area contributed by atoms with Crippen molar-refractivity contribution >= 4 is 28.2 Å². The third kappa shape index (κ3) is 4.73. The third-order valence-electron chi connectivity index (χ3n) is 4.74. The molecule has 0 aliphatic carbocycles. The molecule has 30 heavy (non-hydrogen) atoms. The number of amides is 1. The van der Waals surface area contributed by atoms with Crippen LogP contribution in [0.5, 0.6) is 11.5 Å². The lowest BCUT2D eigenvalue weighted by Gasteiger charge is -2.21. The number of carboxylic acids is 1. The molecule has 0 atom stereocenters. The van der Waals surface area contributed by atoms with E-state index in [2.05, 4.69) is 4.98 Å². The van der Waals surface area contributed by atoms with E-state index in [4.69, 9.17) is 14.6 Å². The molecule has 9 heteroatoms. The average molecular weight is 432 g/mol. The van der Waals surface area contributed by atoms with E-state index < -0.39 is 5.97 Å². The van der Waals surface area contributed by atoms with Crippen molar-refractivity contribution in [3.63, 3.8) is 0 Å². The van der Waals surface area contributed by atoms with Crippen LogP contribution < -0.4 is 9.47 Å². The SMILES string of the molecule is CCCN(CCC(=O)O)C(=O)Cc1csc2nc(-c3cc(OC)ccc3OC)cn12. The van der Waals surface area contributed by atoms with Gasteiger partial charge in [-0.2, -0.15) is 0 Å². The molecule has 0 saturated heterocycles. The van der Waals surface area contributed by atoms with Crippen molar-refractivity contribution in [3.05, 3.63) is 35.5 Å². The highest BCUT2D eigenvalue weighted by atomic mass is 32.1. The number of nitrogens with zero attached hydrogens (tertiary/aromatic N) is 3. The summed E-state index contributed by atoms with van der Waals surface area (Å²) in [4.78, 5) is 30.7. The number of aliphatic carboxylic acids is 1. The van der Waals surface area contributed by atoms with Gasteiger partial charge in [-0.1, -0.05) is 6.92 Å². The van der Waals surface area contributed by atoms with E-state index in [0.717, 1.165) is 28.3 Å². The molecule has 2 heterocycles. The van der Waals surface area contributed by atoms with Gasteiger partial charge in [0.25, 0.3) is 0 Å². The zero-order chi connectivity index (χ0) is 21.7. The van der Waals surface area contributed by atoms with Gasteiger partial charge in [0.15, 0.2) is 4.96 Å². The van der Waals surface area contributed by atoms with Crippen LogP contribution in [0.15, 0.2) is 29.8 Å². The Hall–Kier alpha value is -3.07. The molecule has 1 N–H and O–H groups in total. The number of methoxy groups -OCH3 is 2. The summed E-state index contributed by atoms with van der Waals surface area (Å²) in [5, 5.41) is 10.8. The molecule has 0 spiro atoms. The summed E-state index contributed by atoms with van der Waals surface area (Å²) in [7, 11) is 3.21. The summed E-state index contributed by atoms with van der Waals surface area (Å²) in [6, 6.07) is 5.52. The molecule has 0 unspecified atom stereocenters. The minimum absolute atomic E-state index is 0.0599. The fourth-order valence-electron chi connectivity index (χ4n) is 3.23. The van der Waals surface area contributed by atoms with Crippen molar-refractivity contribution in [2.24, 2.45) is 0 Å². The predicted molar refractivity (Wildman–Crippen MR) is 114 cm³/mol. The van der Waals surface area contributed by atoms with E-state index >= 15 is 0 Å². The summed E-state index contributed by atoms with van der Waals surface area (Å²) in [5.74, 6) is 0.383. The Kier molecular flexibility index (Phi) is 6.94. The summed E-state index contributed by atoms with van der Waals surface area (Å²) < 4.78 is 12.7. The van der Waals surface area contributed by atoms with Gasteiger partial charge >= 0.3 is 5.97 Å². The Labute approximate surface area is 178 Å². The molecule has 1 aromatic carbocycles. The van der Waals surface area contributed by atoms with E-state index in [9.17, 15) is 9.59 Å². The molecule has 0 fully saturated rings. The number of benzene rings is 1. The molecule has 1 amide bonds. The topological polar surface area (TPSA) is 93.4 Å². The Morgan fingerprint density at radius 2 is 2.03 bits per heavy atom. The average Bonchev–Trinajstić information content (AvgIpc) is 3.32. The van der Waals surface area contributed by atoms with Gasteiger partial charge in [0.2, 0.25) is 5.91 Å². The Bertz CT molecular complexity index is 1040. The molecular formula is C21H25N3O5S. The predicted octanol–water partition coefficient (Wildman–Crippen LogP) is 3.34. The fraction of sp³-hybridized carbons (Fsp3) is 0.381. The van der Waals surface area contributed by atoms with Gasteiger partial charge in [-0.05, 0) is 24.6 Å². The maximum Gasteiger partial charge on any atom is 0.305 e. The first-order valence-electron chi connectivity index (χ1n) is 9.64. The first-order valence-corrected chi connectivity index (χ1v) is 10.5. The third-order valence-corrected chi connectivity index (χ3v) is 5.63. The lowest BCUT2D eigenvalue weighted by atomic mass is 10.1. The lowest BCUT2D eigenvalue weighted by Crippen LogP contribution is -2.35. The maximum absolute atomic E-state index is 12.8. The number of imidazole rings is 1. The quantitative estimate of drug-likeness (QED) is 0.529. The number of ether oxygens (including phenoxy) is 2. The zero-order valence-corrected chi connectivity index (χ0v) is 18.1. The summed E-state index contributed by atoms with van der Waals surface area (Å²) in [5.41, 5.74) is 2.35. The molecule has 160 valence electrons. The van der Waals surface area contributed by atoms with Crippen molar-refractivity contribution in [1.82, 2.24) is 14.3 Å². The van der Waals surface area contributed by atoms with E-state index in [0.29, 0.717) is 18.0 Å². The van der Waals surface area contributed by atoms with Crippen molar-refractivity contribution in [2.75, 3.05) is 27.3 Å². The number of carboxylic acid groups (broad SMARTS) is 1. The van der Waals surface area contributed by atoms with Gasteiger partial charge in [-0.25, -0.2) is 4.98 Å². The molecule has 3 aromatic rings. The van der Waals surface area contributed by atoms with Crippen molar-refractivity contribution in [1.29, 1.82) is 0 Å². The molecule has 0 aliphatic rings. The van der Waals surface area contributed by atoms with Gasteiger partial charge in [0, 0.05) is 35.9 Å². The number of aromatic nitrogens is 2. The highest BCUT2D eigenvalue weighted by Gasteiger charge is 2.19. The van der Waals surface area contributed by atoms with E-state index in [-0.39, 0.29) is 25.3 Å². The Morgan fingerprint density at radius 3 is 2.70 bits per heavy atom. The van der Waals surface area contributed by atoms with Crippen LogP contribution in [0.1, 0.15) is 25.5 Å². The lowest BCUT2D eigenvalue weighted by molar-refractivity contribution is -0.138. The van der Waals surface area contributed by atoms with Crippen LogP contribution in [0.4, 0.5) is 0 Å². The van der Waals surface area contributed by atoms with Crippen molar-refractivity contribution in [3.8, 4) is 22.8 Å². The number of hydrogen-bond acceptors (Lipinski definition) is 6. The molecule has 3 rings (SSSR count). The molecule has 0 saturated carbocycles. The van der Waals surface area contributed by atoms with Gasteiger partial charge in [0.05, 0.1) is 32.8 Å². The number of rotatable bonds is 10. The molecule has 0 radical (unpaired) electrons. The Balaban J connectivity index is 1.86. The van der Waals surface area contributed by atoms with Crippen LogP contribution >= 0.6 is 11.3 Å². The first-order chi connectivity index (χ1) is 14.5. The first kappa shape index (κ1) is 21.6. The summed E-state index contributed by atoms with van der Waals surface area (Å²) in [6.07, 6.45) is 2.78. The maximum atomic E-state index is 12.8. The summed E-state index contributed by atoms with van der Waals surface area (Å²) in [6.45, 7) is 2.72. The molecular weight excluding hydrogens is 406 g/mol. The second kappa shape index (κ2) is 9.62. The van der Waals surface area contributed by atoms with Crippen LogP contribution in [-0.2, 0) is 16.0 Å². The normalized spacial score (nSPS) is 10.9. The van der Waals surface area contributed by atoms with E-state index in [1.165, 1.54) is 11.3 Å². The number of carbonyl (C=O) groups is 2. The zero-order valence-electron chi connectivity index (χ0n) is 17.3. The Morgan fingerprint density at radius 1 is 1.23 bits per heavy atom. The number of thiazole rings is 1. The van der Waals surface area contributed by atoms with Crippen molar-refractivity contribution < 1.29 is 24.2 Å². The molecule has 0 aliphatic heterocycles. The van der Waals surface area contributed by atoms with Crippen LogP contribution in [0, 0.1) is 0 Å². The minimum atomic E-state index is -0.909. The van der Waals surface area contributed by atoms with Crippen LogP contribution in [0.25, 0.3) is 16.2 Å². The minimum Gasteiger partial charge on any atom is -0.497 e. The van der Waals surface area contributed by atoms with Gasteiger partial charge < -0.3 is 19.5 Å². The largest absolute Gasteiger partial charge is 0.497 e. The fourth-order valence-corrected chi connectivity index (χ4v) is 4.10. The molecule has 8 nitrogen and oxygen atoms in total. The highest BCUT2D eigenvalue weighted by Crippen LogP contribution is 2.34. The number of fused-ring (bicyclic) bond motifs is 1. The summed E-state index contributed by atoms with van der Waals surface area (Å²) >= 11 is 1.45. The monoisotopic (exact) mass is 431 g/mol. The second-order valence-corrected chi connectivity index (χ2v) is 7.61. The molecule has 0 bridgehead atoms. The van der Waals surface area contributed by atoms with Crippen molar-refractivity contribution in [2.45, 2.75) is 26.2 Å². The van der Waals surface area contributed by atoms with E-state index in [1.807, 2.05) is 41.1 Å². The highest BCUT2D eigenvalue weighted by molar-refractivity contribution is 7.15. The van der Waals surface area contributed by atoms with Gasteiger partial charge in [-0.3, -0.25) is 14.0 Å². The van der Waals surface area contributed by atoms with Gasteiger partial charge in [-0.15, -0.1) is 11.3 Å². The molecule has 2 aromatic heterocycles. The van der Waals surface area contributed by atoms with Gasteiger partial charge in [0.1, 0.15) is 11.5 Å². The van der Waals surface area contributed by atoms with Crippen LogP contribution in [0.2, 0.25) is 0 Å². The second-order valence-electron chi connectivity index (χ2n) is 6.77. The van der Waals surface area contributed by atoms with Crippen LogP contribution in [0.3, 0.4) is 0 Å². The van der Waals surface area contributed by atoms with Crippen LogP contribution in [-0.4, -0.2) is 58.6 Å². The number of hydrogen-bond donors (Lipinski definition) is 1. The van der Waals surface area contributed by atoms with E-state index in [1.54, 1.807) is 19.1 Å².